The number of anilines is 1. The Morgan fingerprint density at radius 1 is 1.61 bits per heavy atom. The van der Waals surface area contributed by atoms with E-state index in [1.165, 1.54) is 11.3 Å². The molecule has 0 unspecified atom stereocenters. The van der Waals surface area contributed by atoms with E-state index in [2.05, 4.69) is 20.5 Å². The third-order valence-corrected chi connectivity index (χ3v) is 3.80. The summed E-state index contributed by atoms with van der Waals surface area (Å²) in [5, 5.41) is 12.6. The lowest BCUT2D eigenvalue weighted by Crippen LogP contribution is -2.30. The van der Waals surface area contributed by atoms with Crippen LogP contribution in [0.15, 0.2) is 17.8 Å². The summed E-state index contributed by atoms with van der Waals surface area (Å²) in [4.78, 5) is 18.0. The number of carbonyl (C=O) groups excluding carboxylic acids is 1. The summed E-state index contributed by atoms with van der Waals surface area (Å²) in [5.41, 5.74) is 1.82. The third-order valence-electron chi connectivity index (χ3n) is 3.02. The zero-order valence-corrected chi connectivity index (χ0v) is 10.7. The maximum Gasteiger partial charge on any atom is 0.244 e. The Morgan fingerprint density at radius 3 is 3.17 bits per heavy atom. The number of nitrogens with zero attached hydrogens (tertiary/aromatic N) is 3. The van der Waals surface area contributed by atoms with E-state index in [-0.39, 0.29) is 11.9 Å². The smallest absolute Gasteiger partial charge is 0.244 e. The highest BCUT2D eigenvalue weighted by molar-refractivity contribution is 7.14. The number of likely N-dealkylation sites (tertiary alicyclic amines) is 1. The van der Waals surface area contributed by atoms with Crippen LogP contribution in [-0.2, 0) is 4.79 Å². The second-order valence-corrected chi connectivity index (χ2v) is 5.13. The fourth-order valence-electron chi connectivity index (χ4n) is 1.97. The number of amides is 1. The molecule has 3 heterocycles. The van der Waals surface area contributed by atoms with Crippen molar-refractivity contribution < 1.29 is 4.79 Å². The lowest BCUT2D eigenvalue weighted by molar-refractivity contribution is -0.127. The molecule has 6 nitrogen and oxygen atoms in total. The minimum absolute atomic E-state index is 0.134. The van der Waals surface area contributed by atoms with E-state index in [0.717, 1.165) is 29.4 Å². The molecular formula is C11H13N5OS. The van der Waals surface area contributed by atoms with Gasteiger partial charge in [0.2, 0.25) is 5.91 Å². The van der Waals surface area contributed by atoms with E-state index >= 15 is 0 Å². The van der Waals surface area contributed by atoms with Crippen molar-refractivity contribution in [2.24, 2.45) is 0 Å². The van der Waals surface area contributed by atoms with Crippen molar-refractivity contribution in [2.45, 2.75) is 12.5 Å². The summed E-state index contributed by atoms with van der Waals surface area (Å²) in [6, 6.07) is -0.140. The fourth-order valence-corrected chi connectivity index (χ4v) is 2.74. The molecule has 2 N–H and O–H groups in total. The van der Waals surface area contributed by atoms with Gasteiger partial charge in [-0.2, -0.15) is 5.10 Å². The minimum atomic E-state index is -0.140. The zero-order chi connectivity index (χ0) is 12.5. The van der Waals surface area contributed by atoms with Crippen molar-refractivity contribution in [3.8, 4) is 11.3 Å². The predicted octanol–water partition coefficient (Wildman–Crippen LogP) is 1.18. The van der Waals surface area contributed by atoms with Crippen molar-refractivity contribution in [3.05, 3.63) is 17.8 Å². The molecule has 3 rings (SSSR count). The van der Waals surface area contributed by atoms with Crippen molar-refractivity contribution in [1.29, 1.82) is 0 Å². The molecule has 94 valence electrons. The van der Waals surface area contributed by atoms with Crippen LogP contribution >= 0.6 is 11.3 Å². The molecule has 2 aromatic rings. The molecule has 1 atom stereocenters. The highest BCUT2D eigenvalue weighted by Gasteiger charge is 2.29. The second kappa shape index (κ2) is 4.41. The average molecular weight is 263 g/mol. The summed E-state index contributed by atoms with van der Waals surface area (Å²) in [6.07, 6.45) is 4.36. The number of hydrogen-bond donors (Lipinski definition) is 2. The van der Waals surface area contributed by atoms with Gasteiger partial charge in [-0.1, -0.05) is 0 Å². The average Bonchev–Trinajstić information content (AvgIpc) is 3.06. The first-order chi connectivity index (χ1) is 8.74. The van der Waals surface area contributed by atoms with Crippen LogP contribution in [0, 0.1) is 0 Å². The van der Waals surface area contributed by atoms with Gasteiger partial charge < -0.3 is 10.2 Å². The monoisotopic (exact) mass is 263 g/mol. The summed E-state index contributed by atoms with van der Waals surface area (Å²) < 4.78 is 0. The Labute approximate surface area is 108 Å². The quantitative estimate of drug-likeness (QED) is 0.872. The maximum atomic E-state index is 11.8. The third kappa shape index (κ3) is 1.97. The van der Waals surface area contributed by atoms with Crippen LogP contribution in [-0.4, -0.2) is 45.6 Å². The van der Waals surface area contributed by atoms with E-state index < -0.39 is 0 Å². The van der Waals surface area contributed by atoms with Crippen molar-refractivity contribution in [2.75, 3.05) is 18.9 Å². The molecule has 0 radical (unpaired) electrons. The molecule has 1 fully saturated rings. The van der Waals surface area contributed by atoms with Gasteiger partial charge in [-0.3, -0.25) is 9.89 Å². The first kappa shape index (κ1) is 11.2. The number of rotatable bonds is 3. The molecule has 7 heteroatoms. The number of likely N-dealkylation sites (N-methyl/N-ethyl adjacent to an activating group) is 1. The Kier molecular flexibility index (Phi) is 2.75. The SMILES string of the molecule is CN1CC[C@H](Nc2nc(-c3cn[nH]c3)cs2)C1=O. The number of thiazole rings is 1. The largest absolute Gasteiger partial charge is 0.350 e. The highest BCUT2D eigenvalue weighted by atomic mass is 32.1. The molecule has 0 aromatic carbocycles. The van der Waals surface area contributed by atoms with Crippen LogP contribution in [0.3, 0.4) is 0 Å². The van der Waals surface area contributed by atoms with Crippen LogP contribution in [0.25, 0.3) is 11.3 Å². The number of nitrogens with one attached hydrogen (secondary N) is 2. The first-order valence-electron chi connectivity index (χ1n) is 5.70. The Hall–Kier alpha value is -1.89. The number of H-pyrrole nitrogens is 1. The predicted molar refractivity (Wildman–Crippen MR) is 69.4 cm³/mol. The molecule has 2 aromatic heterocycles. The maximum absolute atomic E-state index is 11.8. The van der Waals surface area contributed by atoms with Gasteiger partial charge in [-0.05, 0) is 6.42 Å². The topological polar surface area (TPSA) is 73.9 Å². The van der Waals surface area contributed by atoms with E-state index in [0.29, 0.717) is 0 Å². The van der Waals surface area contributed by atoms with E-state index in [1.807, 2.05) is 12.4 Å². The highest BCUT2D eigenvalue weighted by Crippen LogP contribution is 2.25. The van der Waals surface area contributed by atoms with E-state index in [9.17, 15) is 4.79 Å². The van der Waals surface area contributed by atoms with Crippen LogP contribution in [0.1, 0.15) is 6.42 Å². The zero-order valence-electron chi connectivity index (χ0n) is 9.88. The van der Waals surface area contributed by atoms with Crippen LogP contribution in [0.2, 0.25) is 0 Å². The van der Waals surface area contributed by atoms with Crippen LogP contribution in [0.4, 0.5) is 5.13 Å². The van der Waals surface area contributed by atoms with Gasteiger partial charge in [0.25, 0.3) is 0 Å². The first-order valence-corrected chi connectivity index (χ1v) is 6.58. The van der Waals surface area contributed by atoms with Crippen molar-refractivity contribution >= 4 is 22.4 Å². The molecule has 1 saturated heterocycles. The molecular weight excluding hydrogens is 250 g/mol. The summed E-state index contributed by atoms with van der Waals surface area (Å²) in [7, 11) is 1.82. The summed E-state index contributed by atoms with van der Waals surface area (Å²) in [6.45, 7) is 0.802. The van der Waals surface area contributed by atoms with E-state index in [1.54, 1.807) is 17.3 Å². The Bertz CT molecular complexity index is 550. The molecule has 18 heavy (non-hydrogen) atoms. The normalized spacial score (nSPS) is 19.5. The fraction of sp³-hybridized carbons (Fsp3) is 0.364. The summed E-state index contributed by atoms with van der Waals surface area (Å²) >= 11 is 1.50. The number of hydrogen-bond acceptors (Lipinski definition) is 5. The van der Waals surface area contributed by atoms with Gasteiger partial charge >= 0.3 is 0 Å². The van der Waals surface area contributed by atoms with Gasteiger partial charge in [0.1, 0.15) is 6.04 Å². The van der Waals surface area contributed by atoms with Crippen molar-refractivity contribution in [3.63, 3.8) is 0 Å². The van der Waals surface area contributed by atoms with Gasteiger partial charge in [-0.25, -0.2) is 4.98 Å². The number of aromatic nitrogens is 3. The van der Waals surface area contributed by atoms with Crippen molar-refractivity contribution in [1.82, 2.24) is 20.1 Å². The van der Waals surface area contributed by atoms with E-state index in [4.69, 9.17) is 0 Å². The number of carbonyl (C=O) groups is 1. The molecule has 1 amide bonds. The molecule has 0 aliphatic carbocycles. The molecule has 0 spiro atoms. The second-order valence-electron chi connectivity index (χ2n) is 4.27. The Morgan fingerprint density at radius 2 is 2.50 bits per heavy atom. The van der Waals surface area contributed by atoms with Crippen LogP contribution < -0.4 is 5.32 Å². The lowest BCUT2D eigenvalue weighted by Gasteiger charge is -2.10. The minimum Gasteiger partial charge on any atom is -0.350 e. The van der Waals surface area contributed by atoms with Crippen LogP contribution in [0.5, 0.6) is 0 Å². The van der Waals surface area contributed by atoms with Gasteiger partial charge in [-0.15, -0.1) is 11.3 Å². The standard InChI is InChI=1S/C11H13N5OS/c1-16-3-2-8(10(16)17)14-11-15-9(6-18-11)7-4-12-13-5-7/h4-6,8H,2-3H2,1H3,(H,12,13)(H,14,15)/t8-/m0/s1. The molecule has 0 bridgehead atoms. The summed E-state index contributed by atoms with van der Waals surface area (Å²) in [5.74, 6) is 0.134. The lowest BCUT2D eigenvalue weighted by atomic mass is 10.2. The number of aromatic amines is 1. The van der Waals surface area contributed by atoms with Gasteiger partial charge in [0.05, 0.1) is 11.9 Å². The van der Waals surface area contributed by atoms with Gasteiger partial charge in [0, 0.05) is 30.7 Å². The molecule has 1 aliphatic rings. The molecule has 0 saturated carbocycles. The Balaban J connectivity index is 1.73. The van der Waals surface area contributed by atoms with Gasteiger partial charge in [0.15, 0.2) is 5.13 Å². The molecule has 1 aliphatic heterocycles.